The first kappa shape index (κ1) is 16.0. The molecule has 0 radical (unpaired) electrons. The highest BCUT2D eigenvalue weighted by molar-refractivity contribution is 6.03. The lowest BCUT2D eigenvalue weighted by Gasteiger charge is -2.34. The molecule has 7 heteroatoms. The van der Waals surface area contributed by atoms with Gasteiger partial charge in [-0.05, 0) is 31.2 Å². The number of nitrogens with zero attached hydrogens (tertiary/aromatic N) is 4. The Labute approximate surface area is 146 Å². The summed E-state index contributed by atoms with van der Waals surface area (Å²) in [5.74, 6) is 1.84. The summed E-state index contributed by atoms with van der Waals surface area (Å²) in [4.78, 5) is 27.8. The van der Waals surface area contributed by atoms with Gasteiger partial charge in [0.05, 0.1) is 0 Å². The molecular weight excluding hydrogens is 318 g/mol. The fourth-order valence-electron chi connectivity index (χ4n) is 3.42. The molecule has 7 nitrogen and oxygen atoms in total. The Morgan fingerprint density at radius 2 is 2.04 bits per heavy atom. The summed E-state index contributed by atoms with van der Waals surface area (Å²) in [5, 5.41) is 3.21. The SMILES string of the molecule is O=C1C(c2cccnc2)Nc2nccnc2N1CCC1CCOCC1. The van der Waals surface area contributed by atoms with Gasteiger partial charge in [0.25, 0.3) is 5.91 Å². The topological polar surface area (TPSA) is 80.2 Å². The fourth-order valence-corrected chi connectivity index (χ4v) is 3.42. The van der Waals surface area contributed by atoms with E-state index in [0.717, 1.165) is 38.0 Å². The highest BCUT2D eigenvalue weighted by Gasteiger charge is 2.35. The van der Waals surface area contributed by atoms with Crippen LogP contribution in [-0.4, -0.2) is 40.6 Å². The minimum Gasteiger partial charge on any atom is -0.381 e. The minimum atomic E-state index is -0.479. The number of aromatic nitrogens is 3. The first-order valence-electron chi connectivity index (χ1n) is 8.69. The number of rotatable bonds is 4. The molecule has 1 saturated heterocycles. The maximum Gasteiger partial charge on any atom is 0.255 e. The van der Waals surface area contributed by atoms with E-state index < -0.39 is 6.04 Å². The van der Waals surface area contributed by atoms with Crippen molar-refractivity contribution in [3.8, 4) is 0 Å². The summed E-state index contributed by atoms with van der Waals surface area (Å²) in [7, 11) is 0. The van der Waals surface area contributed by atoms with Crippen molar-refractivity contribution in [2.24, 2.45) is 5.92 Å². The van der Waals surface area contributed by atoms with E-state index in [0.29, 0.717) is 24.1 Å². The molecule has 0 aliphatic carbocycles. The largest absolute Gasteiger partial charge is 0.381 e. The molecule has 2 aromatic heterocycles. The third-order valence-corrected chi connectivity index (χ3v) is 4.85. The van der Waals surface area contributed by atoms with Gasteiger partial charge in [-0.25, -0.2) is 9.97 Å². The van der Waals surface area contributed by atoms with Crippen molar-refractivity contribution >= 4 is 17.5 Å². The average molecular weight is 339 g/mol. The van der Waals surface area contributed by atoms with Crippen LogP contribution in [0.5, 0.6) is 0 Å². The van der Waals surface area contributed by atoms with Crippen molar-refractivity contribution in [3.63, 3.8) is 0 Å². The lowest BCUT2D eigenvalue weighted by atomic mass is 9.96. The van der Waals surface area contributed by atoms with Gasteiger partial charge >= 0.3 is 0 Å². The van der Waals surface area contributed by atoms with Gasteiger partial charge in [0.1, 0.15) is 6.04 Å². The Hall–Kier alpha value is -2.54. The van der Waals surface area contributed by atoms with E-state index in [4.69, 9.17) is 4.74 Å². The molecule has 2 aromatic rings. The standard InChI is InChI=1S/C18H21N5O2/c24-18-15(14-2-1-6-19-12-14)22-16-17(21-8-7-20-16)23(18)9-3-13-4-10-25-11-5-13/h1-2,6-8,12-13,15H,3-5,9-11H2,(H,20,22). The maximum absolute atomic E-state index is 13.1. The third kappa shape index (κ3) is 3.32. The number of hydrogen-bond donors (Lipinski definition) is 1. The van der Waals surface area contributed by atoms with Crippen molar-refractivity contribution in [1.82, 2.24) is 15.0 Å². The number of pyridine rings is 1. The summed E-state index contributed by atoms with van der Waals surface area (Å²) >= 11 is 0. The average Bonchev–Trinajstić information content (AvgIpc) is 2.68. The molecular formula is C18H21N5O2. The van der Waals surface area contributed by atoms with Crippen molar-refractivity contribution in [2.75, 3.05) is 30.0 Å². The molecule has 0 saturated carbocycles. The molecule has 0 bridgehead atoms. The van der Waals surface area contributed by atoms with Gasteiger partial charge in [-0.15, -0.1) is 0 Å². The van der Waals surface area contributed by atoms with Crippen LogP contribution in [0.25, 0.3) is 0 Å². The van der Waals surface area contributed by atoms with Gasteiger partial charge in [-0.2, -0.15) is 0 Å². The zero-order valence-corrected chi connectivity index (χ0v) is 14.0. The second-order valence-electron chi connectivity index (χ2n) is 6.43. The quantitative estimate of drug-likeness (QED) is 0.920. The predicted molar refractivity (Wildman–Crippen MR) is 93.1 cm³/mol. The summed E-state index contributed by atoms with van der Waals surface area (Å²) in [6.07, 6.45) is 9.74. The summed E-state index contributed by atoms with van der Waals surface area (Å²) < 4.78 is 5.42. The van der Waals surface area contributed by atoms with E-state index in [2.05, 4.69) is 20.3 Å². The first-order chi connectivity index (χ1) is 12.3. The molecule has 2 aliphatic rings. The molecule has 25 heavy (non-hydrogen) atoms. The number of carbonyl (C=O) groups is 1. The molecule has 2 aliphatic heterocycles. The molecule has 1 N–H and O–H groups in total. The van der Waals surface area contributed by atoms with Gasteiger partial charge in [0.2, 0.25) is 0 Å². The molecule has 130 valence electrons. The number of anilines is 2. The monoisotopic (exact) mass is 339 g/mol. The molecule has 1 unspecified atom stereocenters. The summed E-state index contributed by atoms with van der Waals surface area (Å²) in [5.41, 5.74) is 0.833. The van der Waals surface area contributed by atoms with Gasteiger partial charge in [-0.1, -0.05) is 6.07 Å². The van der Waals surface area contributed by atoms with E-state index in [1.54, 1.807) is 29.7 Å². The highest BCUT2D eigenvalue weighted by atomic mass is 16.5. The molecule has 1 fully saturated rings. The van der Waals surface area contributed by atoms with Crippen LogP contribution < -0.4 is 10.2 Å². The number of amides is 1. The Kier molecular flexibility index (Phi) is 4.56. The highest BCUT2D eigenvalue weighted by Crippen LogP contribution is 2.33. The van der Waals surface area contributed by atoms with E-state index in [-0.39, 0.29) is 5.91 Å². The first-order valence-corrected chi connectivity index (χ1v) is 8.69. The Bertz CT molecular complexity index is 733. The fraction of sp³-hybridized carbons (Fsp3) is 0.444. The number of carbonyl (C=O) groups excluding carboxylic acids is 1. The maximum atomic E-state index is 13.1. The third-order valence-electron chi connectivity index (χ3n) is 4.85. The molecule has 1 atom stereocenters. The smallest absolute Gasteiger partial charge is 0.255 e. The molecule has 4 rings (SSSR count). The van der Waals surface area contributed by atoms with Crippen LogP contribution in [0, 0.1) is 5.92 Å². The van der Waals surface area contributed by atoms with Crippen LogP contribution in [0.15, 0.2) is 36.9 Å². The molecule has 4 heterocycles. The lowest BCUT2D eigenvalue weighted by Crippen LogP contribution is -2.44. The van der Waals surface area contributed by atoms with Crippen LogP contribution in [0.1, 0.15) is 30.9 Å². The van der Waals surface area contributed by atoms with E-state index in [1.165, 1.54) is 0 Å². The van der Waals surface area contributed by atoms with E-state index >= 15 is 0 Å². The van der Waals surface area contributed by atoms with Gasteiger partial charge < -0.3 is 10.1 Å². The number of hydrogen-bond acceptors (Lipinski definition) is 6. The Morgan fingerprint density at radius 1 is 1.20 bits per heavy atom. The van der Waals surface area contributed by atoms with Crippen LogP contribution in [0.4, 0.5) is 11.6 Å². The Balaban J connectivity index is 1.58. The van der Waals surface area contributed by atoms with Crippen molar-refractivity contribution < 1.29 is 9.53 Å². The van der Waals surface area contributed by atoms with E-state index in [9.17, 15) is 4.79 Å². The second kappa shape index (κ2) is 7.14. The Morgan fingerprint density at radius 3 is 2.84 bits per heavy atom. The van der Waals surface area contributed by atoms with Crippen LogP contribution >= 0.6 is 0 Å². The van der Waals surface area contributed by atoms with Crippen molar-refractivity contribution in [3.05, 3.63) is 42.5 Å². The number of ether oxygens (including phenoxy) is 1. The van der Waals surface area contributed by atoms with Crippen LogP contribution in [0.3, 0.4) is 0 Å². The van der Waals surface area contributed by atoms with E-state index in [1.807, 2.05) is 12.1 Å². The number of nitrogens with one attached hydrogen (secondary N) is 1. The van der Waals surface area contributed by atoms with Gasteiger partial charge in [0.15, 0.2) is 11.6 Å². The normalized spacial score (nSPS) is 20.9. The van der Waals surface area contributed by atoms with Crippen LogP contribution in [0.2, 0.25) is 0 Å². The minimum absolute atomic E-state index is 0.00643. The second-order valence-corrected chi connectivity index (χ2v) is 6.43. The summed E-state index contributed by atoms with van der Waals surface area (Å²) in [6.45, 7) is 2.28. The zero-order valence-electron chi connectivity index (χ0n) is 14.0. The van der Waals surface area contributed by atoms with Gasteiger partial charge in [-0.3, -0.25) is 14.7 Å². The zero-order chi connectivity index (χ0) is 17.1. The predicted octanol–water partition coefficient (Wildman–Crippen LogP) is 2.19. The van der Waals surface area contributed by atoms with Crippen molar-refractivity contribution in [1.29, 1.82) is 0 Å². The molecule has 0 spiro atoms. The summed E-state index contributed by atoms with van der Waals surface area (Å²) in [6, 6.07) is 3.26. The molecule has 1 amide bonds. The van der Waals surface area contributed by atoms with Crippen LogP contribution in [-0.2, 0) is 9.53 Å². The lowest BCUT2D eigenvalue weighted by molar-refractivity contribution is -0.119. The number of fused-ring (bicyclic) bond motifs is 1. The van der Waals surface area contributed by atoms with Crippen molar-refractivity contribution in [2.45, 2.75) is 25.3 Å². The molecule has 0 aromatic carbocycles. The van der Waals surface area contributed by atoms with Gasteiger partial charge in [0, 0.05) is 50.1 Å².